The summed E-state index contributed by atoms with van der Waals surface area (Å²) in [6.45, 7) is 0.205. The molecule has 0 heterocycles. The normalized spacial score (nSPS) is 9.86. The maximum atomic E-state index is 11.9. The number of halogens is 1. The summed E-state index contributed by atoms with van der Waals surface area (Å²) in [6, 6.07) is 13.4. The zero-order valence-corrected chi connectivity index (χ0v) is 15.9. The van der Waals surface area contributed by atoms with Crippen molar-refractivity contribution in [3.05, 3.63) is 64.7 Å². The summed E-state index contributed by atoms with van der Waals surface area (Å²) in [6.07, 6.45) is 5.96. The maximum absolute atomic E-state index is 11.9. The van der Waals surface area contributed by atoms with Gasteiger partial charge in [0.05, 0.1) is 6.54 Å². The van der Waals surface area contributed by atoms with Gasteiger partial charge in [-0.25, -0.2) is 0 Å². The third-order valence-corrected chi connectivity index (χ3v) is 3.98. The van der Waals surface area contributed by atoms with E-state index in [1.54, 1.807) is 48.5 Å². The average molecular weight is 398 g/mol. The summed E-state index contributed by atoms with van der Waals surface area (Å²) in [4.78, 5) is 35.6. The minimum atomic E-state index is -0.349. The minimum Gasteiger partial charge on any atom is -0.352 e. The summed E-state index contributed by atoms with van der Waals surface area (Å²) < 4.78 is 0. The molecule has 2 rings (SSSR count). The lowest BCUT2D eigenvalue weighted by molar-refractivity contribution is -0.124. The number of amides is 3. The number of terminal acetylenes is 1. The topological polar surface area (TPSA) is 87.3 Å². The quantitative estimate of drug-likeness (QED) is 0.472. The van der Waals surface area contributed by atoms with E-state index in [1.807, 2.05) is 0 Å². The molecule has 0 bridgehead atoms. The SMILES string of the molecule is C#Cc1cccc(NC(=O)CNC(=O)CCCNC(=O)c2ccc(Cl)cc2)c1. The second-order valence-corrected chi connectivity index (χ2v) is 6.35. The van der Waals surface area contributed by atoms with Crippen LogP contribution >= 0.6 is 11.6 Å². The standard InChI is InChI=1S/C21H20ClN3O3/c1-2-15-5-3-6-18(13-15)25-20(27)14-24-19(26)7-4-12-23-21(28)16-8-10-17(22)11-9-16/h1,3,5-6,8-11,13H,4,7,12,14H2,(H,23,28)(H,24,26)(H,25,27). The molecule has 0 aliphatic rings. The highest BCUT2D eigenvalue weighted by Crippen LogP contribution is 2.10. The molecule has 0 aromatic heterocycles. The van der Waals surface area contributed by atoms with Crippen LogP contribution in [0.2, 0.25) is 5.02 Å². The molecule has 2 aromatic rings. The smallest absolute Gasteiger partial charge is 0.251 e. The van der Waals surface area contributed by atoms with Crippen molar-refractivity contribution in [3.8, 4) is 12.3 Å². The van der Waals surface area contributed by atoms with Crippen LogP contribution in [-0.2, 0) is 9.59 Å². The summed E-state index contributed by atoms with van der Waals surface area (Å²) in [7, 11) is 0. The van der Waals surface area contributed by atoms with Crippen molar-refractivity contribution in [1.82, 2.24) is 10.6 Å². The third kappa shape index (κ3) is 7.14. The molecule has 0 fully saturated rings. The van der Waals surface area contributed by atoms with Gasteiger partial charge in [-0.15, -0.1) is 6.42 Å². The Morgan fingerprint density at radius 1 is 1.00 bits per heavy atom. The van der Waals surface area contributed by atoms with Gasteiger partial charge in [0.1, 0.15) is 0 Å². The van der Waals surface area contributed by atoms with E-state index in [4.69, 9.17) is 18.0 Å². The lowest BCUT2D eigenvalue weighted by Gasteiger charge is -2.08. The predicted octanol–water partition coefficient (Wildman–Crippen LogP) is 2.59. The fourth-order valence-corrected chi connectivity index (χ4v) is 2.44. The molecule has 0 aliphatic heterocycles. The monoisotopic (exact) mass is 397 g/mol. The van der Waals surface area contributed by atoms with Gasteiger partial charge in [0.15, 0.2) is 0 Å². The number of carbonyl (C=O) groups excluding carboxylic acids is 3. The first-order valence-electron chi connectivity index (χ1n) is 8.65. The van der Waals surface area contributed by atoms with Crippen LogP contribution in [-0.4, -0.2) is 30.8 Å². The van der Waals surface area contributed by atoms with E-state index in [0.717, 1.165) is 0 Å². The van der Waals surface area contributed by atoms with E-state index in [-0.39, 0.29) is 30.7 Å². The van der Waals surface area contributed by atoms with E-state index in [1.165, 1.54) is 0 Å². The van der Waals surface area contributed by atoms with Gasteiger partial charge in [-0.2, -0.15) is 0 Å². The second kappa shape index (κ2) is 10.8. The van der Waals surface area contributed by atoms with Crippen LogP contribution in [0.1, 0.15) is 28.8 Å². The van der Waals surface area contributed by atoms with Crippen molar-refractivity contribution in [1.29, 1.82) is 0 Å². The molecule has 0 spiro atoms. The molecule has 7 heteroatoms. The summed E-state index contributed by atoms with van der Waals surface area (Å²) in [5.74, 6) is 1.63. The lowest BCUT2D eigenvalue weighted by Crippen LogP contribution is -2.33. The van der Waals surface area contributed by atoms with Crippen LogP contribution in [0.3, 0.4) is 0 Å². The van der Waals surface area contributed by atoms with Crippen LogP contribution in [0.5, 0.6) is 0 Å². The minimum absolute atomic E-state index is 0.143. The van der Waals surface area contributed by atoms with Crippen molar-refractivity contribution < 1.29 is 14.4 Å². The summed E-state index contributed by atoms with van der Waals surface area (Å²) in [5.41, 5.74) is 1.72. The molecular formula is C21H20ClN3O3. The Balaban J connectivity index is 1.63. The molecule has 0 radical (unpaired) electrons. The zero-order valence-electron chi connectivity index (χ0n) is 15.1. The van der Waals surface area contributed by atoms with Crippen molar-refractivity contribution in [2.24, 2.45) is 0 Å². The molecule has 0 saturated carbocycles. The number of nitrogens with one attached hydrogen (secondary N) is 3. The van der Waals surface area contributed by atoms with E-state index in [2.05, 4.69) is 21.9 Å². The van der Waals surface area contributed by atoms with E-state index in [0.29, 0.717) is 34.8 Å². The zero-order chi connectivity index (χ0) is 20.4. The Morgan fingerprint density at radius 3 is 2.46 bits per heavy atom. The average Bonchev–Trinajstić information content (AvgIpc) is 2.70. The van der Waals surface area contributed by atoms with Gasteiger partial charge in [-0.1, -0.05) is 23.6 Å². The van der Waals surface area contributed by atoms with Gasteiger partial charge in [-0.05, 0) is 48.9 Å². The maximum Gasteiger partial charge on any atom is 0.251 e. The highest BCUT2D eigenvalue weighted by molar-refractivity contribution is 6.30. The Bertz CT molecular complexity index is 889. The Kier molecular flexibility index (Phi) is 8.07. The molecule has 0 unspecified atom stereocenters. The highest BCUT2D eigenvalue weighted by Gasteiger charge is 2.08. The fourth-order valence-electron chi connectivity index (χ4n) is 2.31. The molecular weight excluding hydrogens is 378 g/mol. The number of rotatable bonds is 8. The highest BCUT2D eigenvalue weighted by atomic mass is 35.5. The molecule has 144 valence electrons. The van der Waals surface area contributed by atoms with Crippen molar-refractivity contribution in [2.45, 2.75) is 12.8 Å². The van der Waals surface area contributed by atoms with Gasteiger partial charge in [0.2, 0.25) is 11.8 Å². The van der Waals surface area contributed by atoms with Crippen LogP contribution in [0.25, 0.3) is 0 Å². The molecule has 0 aliphatic carbocycles. The van der Waals surface area contributed by atoms with Gasteiger partial charge in [0, 0.05) is 34.8 Å². The van der Waals surface area contributed by atoms with Gasteiger partial charge in [-0.3, -0.25) is 14.4 Å². The molecule has 28 heavy (non-hydrogen) atoms. The van der Waals surface area contributed by atoms with Crippen LogP contribution in [0.4, 0.5) is 5.69 Å². The van der Waals surface area contributed by atoms with E-state index >= 15 is 0 Å². The number of benzene rings is 2. The summed E-state index contributed by atoms with van der Waals surface area (Å²) in [5, 5.41) is 8.48. The first-order chi connectivity index (χ1) is 13.5. The third-order valence-electron chi connectivity index (χ3n) is 3.73. The fraction of sp³-hybridized carbons (Fsp3) is 0.190. The second-order valence-electron chi connectivity index (χ2n) is 5.92. The molecule has 6 nitrogen and oxygen atoms in total. The molecule has 0 saturated heterocycles. The van der Waals surface area contributed by atoms with Crippen LogP contribution in [0, 0.1) is 12.3 Å². The first kappa shape index (κ1) is 21.0. The largest absolute Gasteiger partial charge is 0.352 e. The number of hydrogen-bond donors (Lipinski definition) is 3. The van der Waals surface area contributed by atoms with Crippen molar-refractivity contribution >= 4 is 35.0 Å². The molecule has 3 N–H and O–H groups in total. The Labute approximate surface area is 168 Å². The number of carbonyl (C=O) groups is 3. The molecule has 3 amide bonds. The number of anilines is 1. The van der Waals surface area contributed by atoms with Gasteiger partial charge in [0.25, 0.3) is 5.91 Å². The Hall–Kier alpha value is -3.30. The van der Waals surface area contributed by atoms with Gasteiger partial charge >= 0.3 is 0 Å². The molecule has 2 aromatic carbocycles. The van der Waals surface area contributed by atoms with Gasteiger partial charge < -0.3 is 16.0 Å². The predicted molar refractivity (Wildman–Crippen MR) is 109 cm³/mol. The Morgan fingerprint density at radius 2 is 1.75 bits per heavy atom. The van der Waals surface area contributed by atoms with E-state index < -0.39 is 0 Å². The number of hydrogen-bond acceptors (Lipinski definition) is 3. The van der Waals surface area contributed by atoms with Crippen molar-refractivity contribution in [2.75, 3.05) is 18.4 Å². The summed E-state index contributed by atoms with van der Waals surface area (Å²) >= 11 is 5.78. The lowest BCUT2D eigenvalue weighted by atomic mass is 10.2. The molecule has 0 atom stereocenters. The van der Waals surface area contributed by atoms with Crippen LogP contribution < -0.4 is 16.0 Å². The first-order valence-corrected chi connectivity index (χ1v) is 9.02. The van der Waals surface area contributed by atoms with Crippen LogP contribution in [0.15, 0.2) is 48.5 Å². The van der Waals surface area contributed by atoms with Crippen molar-refractivity contribution in [3.63, 3.8) is 0 Å². The van der Waals surface area contributed by atoms with E-state index in [9.17, 15) is 14.4 Å².